The highest BCUT2D eigenvalue weighted by Gasteiger charge is 2.30. The van der Waals surface area contributed by atoms with E-state index in [1.54, 1.807) is 18.2 Å². The smallest absolute Gasteiger partial charge is 0.339 e. The van der Waals surface area contributed by atoms with Gasteiger partial charge in [-0.15, -0.1) is 0 Å². The lowest BCUT2D eigenvalue weighted by Crippen LogP contribution is -2.32. The van der Waals surface area contributed by atoms with Crippen molar-refractivity contribution in [2.45, 2.75) is 129 Å². The lowest BCUT2D eigenvalue weighted by Gasteiger charge is -2.30. The summed E-state index contributed by atoms with van der Waals surface area (Å²) in [6.45, 7) is 6.48. The molecule has 0 heterocycles. The summed E-state index contributed by atoms with van der Waals surface area (Å²) in [7, 11) is 0. The molecule has 0 bridgehead atoms. The molecule has 0 amide bonds. The van der Waals surface area contributed by atoms with Crippen LogP contribution in [0, 0.1) is 0 Å². The van der Waals surface area contributed by atoms with Crippen molar-refractivity contribution in [1.29, 1.82) is 0 Å². The first-order valence-corrected chi connectivity index (χ1v) is 13.0. The number of unbranched alkanes of at least 4 members (excludes halogenated alkanes) is 12. The first kappa shape index (κ1) is 28.2. The van der Waals surface area contributed by atoms with Crippen LogP contribution in [0.5, 0.6) is 0 Å². The van der Waals surface area contributed by atoms with Gasteiger partial charge in [-0.05, 0) is 44.7 Å². The van der Waals surface area contributed by atoms with Crippen LogP contribution in [-0.4, -0.2) is 22.6 Å². The molecule has 1 aromatic carbocycles. The Hall–Kier alpha value is -1.84. The van der Waals surface area contributed by atoms with Gasteiger partial charge in [0.1, 0.15) is 5.60 Å². The predicted molar refractivity (Wildman–Crippen MR) is 132 cm³/mol. The summed E-state index contributed by atoms with van der Waals surface area (Å²) in [5.41, 5.74) is -0.396. The molecule has 1 rings (SSSR count). The molecule has 1 unspecified atom stereocenters. The zero-order valence-electron chi connectivity index (χ0n) is 20.8. The lowest BCUT2D eigenvalue weighted by atomic mass is 9.90. The van der Waals surface area contributed by atoms with Crippen LogP contribution in [0.15, 0.2) is 24.3 Å². The molecule has 0 spiro atoms. The van der Waals surface area contributed by atoms with Crippen molar-refractivity contribution in [3.05, 3.63) is 35.4 Å². The van der Waals surface area contributed by atoms with E-state index in [0.29, 0.717) is 0 Å². The predicted octanol–water partition coefficient (Wildman–Crippen LogP) is 8.58. The van der Waals surface area contributed by atoms with Gasteiger partial charge in [0.15, 0.2) is 0 Å². The van der Waals surface area contributed by atoms with Gasteiger partial charge in [0.25, 0.3) is 0 Å². The summed E-state index contributed by atoms with van der Waals surface area (Å²) >= 11 is 0. The van der Waals surface area contributed by atoms with Crippen LogP contribution in [0.1, 0.15) is 144 Å². The van der Waals surface area contributed by atoms with Crippen molar-refractivity contribution < 1.29 is 19.4 Å². The number of benzene rings is 1. The van der Waals surface area contributed by atoms with Gasteiger partial charge in [0.2, 0.25) is 0 Å². The third-order valence-corrected chi connectivity index (χ3v) is 6.33. The second-order valence-electron chi connectivity index (χ2n) is 9.43. The second-order valence-corrected chi connectivity index (χ2v) is 9.43. The van der Waals surface area contributed by atoms with Crippen molar-refractivity contribution >= 4 is 11.9 Å². The van der Waals surface area contributed by atoms with Gasteiger partial charge in [-0.1, -0.05) is 103 Å². The van der Waals surface area contributed by atoms with Crippen molar-refractivity contribution in [2.75, 3.05) is 0 Å². The van der Waals surface area contributed by atoms with Gasteiger partial charge in [-0.3, -0.25) is 0 Å². The first-order chi connectivity index (χ1) is 15.4. The highest BCUT2D eigenvalue weighted by Crippen LogP contribution is 2.29. The summed E-state index contributed by atoms with van der Waals surface area (Å²) < 4.78 is 6.00. The molecular formula is C28H46O4. The Morgan fingerprint density at radius 3 is 1.56 bits per heavy atom. The summed E-state index contributed by atoms with van der Waals surface area (Å²) in [5.74, 6) is -1.62. The van der Waals surface area contributed by atoms with Gasteiger partial charge < -0.3 is 9.84 Å². The molecule has 0 aliphatic carbocycles. The molecule has 4 nitrogen and oxygen atoms in total. The normalized spacial score (nSPS) is 13.0. The monoisotopic (exact) mass is 446 g/mol. The fourth-order valence-electron chi connectivity index (χ4n) is 4.27. The second kappa shape index (κ2) is 16.7. The molecule has 0 aromatic heterocycles. The SMILES string of the molecule is CCCCCCCCCCC(C)(CCCCCCCC)OC(=O)c1ccccc1C(=O)O. The Bertz CT molecular complexity index is 655. The molecule has 0 saturated carbocycles. The highest BCUT2D eigenvalue weighted by atomic mass is 16.6. The van der Waals surface area contributed by atoms with Gasteiger partial charge in [-0.2, -0.15) is 0 Å². The third kappa shape index (κ3) is 11.7. The van der Waals surface area contributed by atoms with Gasteiger partial charge in [-0.25, -0.2) is 9.59 Å². The van der Waals surface area contributed by atoms with Crippen molar-refractivity contribution in [2.24, 2.45) is 0 Å². The summed E-state index contributed by atoms with van der Waals surface area (Å²) in [5, 5.41) is 9.43. The average Bonchev–Trinajstić information content (AvgIpc) is 2.78. The molecule has 32 heavy (non-hydrogen) atoms. The van der Waals surface area contributed by atoms with Crippen LogP contribution < -0.4 is 0 Å². The minimum absolute atomic E-state index is 0.00601. The molecule has 0 saturated heterocycles. The standard InChI is InChI=1S/C28H46O4/c1-4-6-8-10-12-13-15-19-23-28(3,22-18-14-11-9-7-5-2)32-27(31)25-21-17-16-20-24(25)26(29)30/h16-17,20-21H,4-15,18-19,22-23H2,1-3H3,(H,29,30). The summed E-state index contributed by atoms with van der Waals surface area (Å²) in [6.07, 6.45) is 18.8. The number of esters is 1. The fourth-order valence-corrected chi connectivity index (χ4v) is 4.27. The molecule has 1 aromatic rings. The number of hydrogen-bond acceptors (Lipinski definition) is 3. The lowest BCUT2D eigenvalue weighted by molar-refractivity contribution is -0.0201. The number of hydrogen-bond donors (Lipinski definition) is 1. The topological polar surface area (TPSA) is 63.6 Å². The molecule has 4 heteroatoms. The van der Waals surface area contributed by atoms with Crippen LogP contribution >= 0.6 is 0 Å². The number of aromatic carboxylic acids is 1. The number of carbonyl (C=O) groups is 2. The van der Waals surface area contributed by atoms with E-state index in [9.17, 15) is 14.7 Å². The van der Waals surface area contributed by atoms with Crippen LogP contribution in [0.3, 0.4) is 0 Å². The van der Waals surface area contributed by atoms with E-state index >= 15 is 0 Å². The Kier molecular flexibility index (Phi) is 14.8. The molecule has 182 valence electrons. The van der Waals surface area contributed by atoms with Crippen LogP contribution in [0.25, 0.3) is 0 Å². The summed E-state index contributed by atoms with van der Waals surface area (Å²) in [4.78, 5) is 24.4. The largest absolute Gasteiger partial charge is 0.478 e. The number of carbonyl (C=O) groups excluding carboxylic acids is 1. The van der Waals surface area contributed by atoms with E-state index in [1.165, 1.54) is 70.3 Å². The van der Waals surface area contributed by atoms with E-state index in [4.69, 9.17) is 4.74 Å². The minimum atomic E-state index is -1.10. The number of ether oxygens (including phenoxy) is 1. The molecule has 0 aliphatic heterocycles. The Balaban J connectivity index is 2.64. The molecule has 0 fully saturated rings. The van der Waals surface area contributed by atoms with Crippen molar-refractivity contribution in [3.63, 3.8) is 0 Å². The van der Waals surface area contributed by atoms with E-state index in [0.717, 1.165) is 38.5 Å². The van der Waals surface area contributed by atoms with Crippen LogP contribution in [0.2, 0.25) is 0 Å². The van der Waals surface area contributed by atoms with E-state index in [1.807, 2.05) is 6.92 Å². The van der Waals surface area contributed by atoms with Gasteiger partial charge in [0.05, 0.1) is 11.1 Å². The average molecular weight is 447 g/mol. The Morgan fingerprint density at radius 2 is 1.12 bits per heavy atom. The molecule has 1 N–H and O–H groups in total. The van der Waals surface area contributed by atoms with Crippen molar-refractivity contribution in [1.82, 2.24) is 0 Å². The Morgan fingerprint density at radius 1 is 0.719 bits per heavy atom. The third-order valence-electron chi connectivity index (χ3n) is 6.33. The molecule has 1 atom stereocenters. The van der Waals surface area contributed by atoms with Crippen molar-refractivity contribution in [3.8, 4) is 0 Å². The van der Waals surface area contributed by atoms with E-state index in [2.05, 4.69) is 13.8 Å². The maximum Gasteiger partial charge on any atom is 0.339 e. The Labute approximate surface area is 196 Å². The molecule has 0 radical (unpaired) electrons. The van der Waals surface area contributed by atoms with Gasteiger partial charge in [0, 0.05) is 0 Å². The number of rotatable bonds is 19. The number of carboxylic acid groups (broad SMARTS) is 1. The maximum absolute atomic E-state index is 12.9. The quantitative estimate of drug-likeness (QED) is 0.171. The van der Waals surface area contributed by atoms with E-state index < -0.39 is 17.5 Å². The van der Waals surface area contributed by atoms with E-state index in [-0.39, 0.29) is 11.1 Å². The molecule has 0 aliphatic rings. The molecular weight excluding hydrogens is 400 g/mol. The number of carboxylic acids is 1. The van der Waals surface area contributed by atoms with Crippen LogP contribution in [0.4, 0.5) is 0 Å². The zero-order valence-corrected chi connectivity index (χ0v) is 20.8. The fraction of sp³-hybridized carbons (Fsp3) is 0.714. The highest BCUT2D eigenvalue weighted by molar-refractivity contribution is 6.02. The van der Waals surface area contributed by atoms with Gasteiger partial charge >= 0.3 is 11.9 Å². The zero-order chi connectivity index (χ0) is 23.7. The first-order valence-electron chi connectivity index (χ1n) is 13.0. The minimum Gasteiger partial charge on any atom is -0.478 e. The van der Waals surface area contributed by atoms with Crippen LogP contribution in [-0.2, 0) is 4.74 Å². The maximum atomic E-state index is 12.9. The summed E-state index contributed by atoms with van der Waals surface area (Å²) in [6, 6.07) is 6.33.